The number of quaternary nitrogens is 1. The van der Waals surface area contributed by atoms with Crippen LogP contribution < -0.4 is 19.7 Å². The molecule has 5 nitrogen and oxygen atoms in total. The summed E-state index contributed by atoms with van der Waals surface area (Å²) in [5.74, 6) is 1.46. The van der Waals surface area contributed by atoms with Crippen molar-refractivity contribution in [2.45, 2.75) is 12.8 Å². The molecule has 152 valence electrons. The number of benzene rings is 2. The molecule has 0 aliphatic heterocycles. The molecular weight excluding hydrogens is 399 g/mol. The van der Waals surface area contributed by atoms with Gasteiger partial charge in [-0.2, -0.15) is 0 Å². The minimum absolute atomic E-state index is 0.0231. The first-order chi connectivity index (χ1) is 13.4. The number of halogens is 2. The first kappa shape index (κ1) is 22.3. The van der Waals surface area contributed by atoms with E-state index in [1.54, 1.807) is 26.4 Å². The lowest BCUT2D eigenvalue weighted by Gasteiger charge is -2.15. The van der Waals surface area contributed by atoms with Gasteiger partial charge in [0.05, 0.1) is 27.8 Å². The average Bonchev–Trinajstić information content (AvgIpc) is 2.67. The zero-order chi connectivity index (χ0) is 20.5. The van der Waals surface area contributed by atoms with Crippen molar-refractivity contribution in [3.05, 3.63) is 57.6 Å². The summed E-state index contributed by atoms with van der Waals surface area (Å²) in [4.78, 5) is 13.3. The van der Waals surface area contributed by atoms with Gasteiger partial charge >= 0.3 is 0 Å². The standard InChI is InChI=1S/C21H26Cl2N2O3/c1-25(11-9-15-4-7-19(27-2)20(12-15)28-3)14-21(26)24-10-8-16-5-6-17(22)13-18(16)23/h4-7,12-13H,8-11,14H2,1-3H3,(H,24,26)/p+1. The zero-order valence-corrected chi connectivity index (χ0v) is 18.0. The second kappa shape index (κ2) is 11.1. The maximum atomic E-state index is 12.2. The van der Waals surface area contributed by atoms with Crippen LogP contribution in [-0.2, 0) is 17.6 Å². The molecule has 0 aliphatic carbocycles. The Morgan fingerprint density at radius 2 is 1.79 bits per heavy atom. The second-order valence-electron chi connectivity index (χ2n) is 6.66. The van der Waals surface area contributed by atoms with Gasteiger partial charge in [0.1, 0.15) is 0 Å². The third-order valence-electron chi connectivity index (χ3n) is 4.48. The van der Waals surface area contributed by atoms with Crippen LogP contribution in [0.4, 0.5) is 0 Å². The summed E-state index contributed by atoms with van der Waals surface area (Å²) >= 11 is 12.0. The van der Waals surface area contributed by atoms with Crippen LogP contribution in [0.2, 0.25) is 10.0 Å². The molecule has 7 heteroatoms. The summed E-state index contributed by atoms with van der Waals surface area (Å²) in [6.07, 6.45) is 1.52. The van der Waals surface area contributed by atoms with Crippen molar-refractivity contribution in [3.63, 3.8) is 0 Å². The molecule has 0 bridgehead atoms. The van der Waals surface area contributed by atoms with Crippen molar-refractivity contribution in [1.29, 1.82) is 0 Å². The van der Waals surface area contributed by atoms with Crippen LogP contribution in [-0.4, -0.2) is 46.8 Å². The number of hydrogen-bond donors (Lipinski definition) is 2. The number of hydrogen-bond acceptors (Lipinski definition) is 3. The normalized spacial score (nSPS) is 11.8. The molecule has 0 spiro atoms. The van der Waals surface area contributed by atoms with Crippen molar-refractivity contribution >= 4 is 29.1 Å². The van der Waals surface area contributed by atoms with Crippen molar-refractivity contribution in [2.75, 3.05) is 40.9 Å². The molecule has 0 aliphatic rings. The van der Waals surface area contributed by atoms with Crippen LogP contribution in [0.5, 0.6) is 11.5 Å². The maximum Gasteiger partial charge on any atom is 0.275 e. The van der Waals surface area contributed by atoms with Crippen LogP contribution >= 0.6 is 23.2 Å². The van der Waals surface area contributed by atoms with Crippen molar-refractivity contribution in [3.8, 4) is 11.5 Å². The van der Waals surface area contributed by atoms with Crippen LogP contribution in [0.1, 0.15) is 11.1 Å². The molecule has 2 N–H and O–H groups in total. The van der Waals surface area contributed by atoms with Gasteiger partial charge in [-0.1, -0.05) is 35.3 Å². The van der Waals surface area contributed by atoms with Crippen molar-refractivity contribution in [2.24, 2.45) is 0 Å². The first-order valence-electron chi connectivity index (χ1n) is 9.15. The molecule has 2 aromatic rings. The first-order valence-corrected chi connectivity index (χ1v) is 9.91. The van der Waals surface area contributed by atoms with Gasteiger partial charge in [-0.25, -0.2) is 0 Å². The summed E-state index contributed by atoms with van der Waals surface area (Å²) in [6, 6.07) is 11.3. The monoisotopic (exact) mass is 425 g/mol. The predicted molar refractivity (Wildman–Crippen MR) is 113 cm³/mol. The highest BCUT2D eigenvalue weighted by molar-refractivity contribution is 6.35. The van der Waals surface area contributed by atoms with E-state index in [-0.39, 0.29) is 5.91 Å². The molecule has 0 heterocycles. The lowest BCUT2D eigenvalue weighted by atomic mass is 10.1. The van der Waals surface area contributed by atoms with E-state index in [0.29, 0.717) is 35.3 Å². The Morgan fingerprint density at radius 1 is 1.04 bits per heavy atom. The van der Waals surface area contributed by atoms with E-state index in [1.165, 1.54) is 0 Å². The number of methoxy groups -OCH3 is 2. The van der Waals surface area contributed by atoms with Crippen LogP contribution in [0.25, 0.3) is 0 Å². The summed E-state index contributed by atoms with van der Waals surface area (Å²) in [5, 5.41) is 4.18. The largest absolute Gasteiger partial charge is 0.493 e. The molecule has 1 amide bonds. The smallest absolute Gasteiger partial charge is 0.275 e. The van der Waals surface area contributed by atoms with Gasteiger partial charge in [0.15, 0.2) is 18.0 Å². The number of rotatable bonds is 10. The fourth-order valence-corrected chi connectivity index (χ4v) is 3.38. The van der Waals surface area contributed by atoms with E-state index in [0.717, 1.165) is 34.7 Å². The highest BCUT2D eigenvalue weighted by Crippen LogP contribution is 2.27. The molecule has 28 heavy (non-hydrogen) atoms. The Kier molecular flexibility index (Phi) is 8.90. The Labute approximate surface area is 176 Å². The van der Waals surface area contributed by atoms with Gasteiger partial charge in [0.2, 0.25) is 0 Å². The van der Waals surface area contributed by atoms with E-state index >= 15 is 0 Å². The average molecular weight is 426 g/mol. The highest BCUT2D eigenvalue weighted by Gasteiger charge is 2.11. The summed E-state index contributed by atoms with van der Waals surface area (Å²) < 4.78 is 10.6. The molecule has 0 radical (unpaired) electrons. The summed E-state index contributed by atoms with van der Waals surface area (Å²) in [5.41, 5.74) is 2.12. The summed E-state index contributed by atoms with van der Waals surface area (Å²) in [7, 11) is 5.26. The van der Waals surface area contributed by atoms with Gasteiger partial charge in [-0.05, 0) is 41.8 Å². The van der Waals surface area contributed by atoms with E-state index in [2.05, 4.69) is 5.32 Å². The lowest BCUT2D eigenvalue weighted by Crippen LogP contribution is -3.10. The fourth-order valence-electron chi connectivity index (χ4n) is 2.88. The lowest BCUT2D eigenvalue weighted by molar-refractivity contribution is -0.871. The molecule has 0 saturated carbocycles. The Balaban J connectivity index is 1.73. The Morgan fingerprint density at radius 3 is 2.46 bits per heavy atom. The molecule has 0 saturated heterocycles. The number of ether oxygens (including phenoxy) is 2. The highest BCUT2D eigenvalue weighted by atomic mass is 35.5. The number of nitrogens with one attached hydrogen (secondary N) is 2. The minimum Gasteiger partial charge on any atom is -0.493 e. The van der Waals surface area contributed by atoms with Gasteiger partial charge in [0, 0.05) is 23.0 Å². The maximum absolute atomic E-state index is 12.2. The number of likely N-dealkylation sites (N-methyl/N-ethyl adjacent to an activating group) is 1. The van der Waals surface area contributed by atoms with E-state index in [1.807, 2.05) is 31.3 Å². The molecule has 2 aromatic carbocycles. The van der Waals surface area contributed by atoms with Gasteiger partial charge < -0.3 is 19.7 Å². The fraction of sp³-hybridized carbons (Fsp3) is 0.381. The molecule has 2 rings (SSSR count). The van der Waals surface area contributed by atoms with Crippen molar-refractivity contribution in [1.82, 2.24) is 5.32 Å². The molecular formula is C21H27Cl2N2O3+. The molecule has 1 atom stereocenters. The minimum atomic E-state index is 0.0231. The zero-order valence-electron chi connectivity index (χ0n) is 16.5. The Hall–Kier alpha value is -1.95. The molecule has 1 unspecified atom stereocenters. The van der Waals surface area contributed by atoms with Crippen LogP contribution in [0.15, 0.2) is 36.4 Å². The van der Waals surface area contributed by atoms with E-state index in [9.17, 15) is 4.79 Å². The number of amides is 1. The Bertz CT molecular complexity index is 799. The SMILES string of the molecule is COc1ccc(CC[NH+](C)CC(=O)NCCc2ccc(Cl)cc2Cl)cc1OC. The topological polar surface area (TPSA) is 52.0 Å². The number of carbonyl (C=O) groups is 1. The van der Waals surface area contributed by atoms with Crippen LogP contribution in [0.3, 0.4) is 0 Å². The van der Waals surface area contributed by atoms with E-state index in [4.69, 9.17) is 32.7 Å². The third kappa shape index (κ3) is 6.89. The summed E-state index contributed by atoms with van der Waals surface area (Å²) in [6.45, 7) is 1.80. The second-order valence-corrected chi connectivity index (χ2v) is 7.50. The van der Waals surface area contributed by atoms with Crippen molar-refractivity contribution < 1.29 is 19.2 Å². The molecule has 0 fully saturated rings. The predicted octanol–water partition coefficient (Wildman–Crippen LogP) is 2.43. The quantitative estimate of drug-likeness (QED) is 0.614. The van der Waals surface area contributed by atoms with Gasteiger partial charge in [-0.3, -0.25) is 4.79 Å². The third-order valence-corrected chi connectivity index (χ3v) is 5.07. The van der Waals surface area contributed by atoms with E-state index < -0.39 is 0 Å². The number of carbonyl (C=O) groups excluding carboxylic acids is 1. The molecule has 0 aromatic heterocycles. The van der Waals surface area contributed by atoms with Crippen LogP contribution in [0, 0.1) is 0 Å². The van der Waals surface area contributed by atoms with Gasteiger partial charge in [0.25, 0.3) is 5.91 Å². The van der Waals surface area contributed by atoms with Gasteiger partial charge in [-0.15, -0.1) is 0 Å².